The Balaban J connectivity index is 2.18. The van der Waals surface area contributed by atoms with Gasteiger partial charge in [-0.1, -0.05) is 23.9 Å². The standard InChI is InChI=1S/C12H13FN4O2S/c1-7-3-9(4-8(2)11(7)13)5-17-12(14-15-16-17)20-6-10(18)19/h3-4H,5-6H2,1-2H3,(H,18,19). The Morgan fingerprint density at radius 1 is 1.40 bits per heavy atom. The van der Waals surface area contributed by atoms with Crippen molar-refractivity contribution < 1.29 is 14.3 Å². The lowest BCUT2D eigenvalue weighted by Crippen LogP contribution is -2.07. The van der Waals surface area contributed by atoms with E-state index >= 15 is 0 Å². The molecule has 1 N–H and O–H groups in total. The molecule has 8 heteroatoms. The first-order chi connectivity index (χ1) is 9.47. The van der Waals surface area contributed by atoms with E-state index in [1.165, 1.54) is 4.68 Å². The van der Waals surface area contributed by atoms with Gasteiger partial charge in [-0.15, -0.1) is 5.10 Å². The zero-order valence-electron chi connectivity index (χ0n) is 11.0. The summed E-state index contributed by atoms with van der Waals surface area (Å²) in [5.74, 6) is -1.26. The van der Waals surface area contributed by atoms with Crippen LogP contribution in [0.1, 0.15) is 16.7 Å². The number of tetrazole rings is 1. The van der Waals surface area contributed by atoms with Crippen LogP contribution in [0.4, 0.5) is 4.39 Å². The van der Waals surface area contributed by atoms with E-state index in [1.54, 1.807) is 26.0 Å². The third kappa shape index (κ3) is 3.32. The number of rotatable bonds is 5. The first kappa shape index (κ1) is 14.4. The van der Waals surface area contributed by atoms with E-state index in [4.69, 9.17) is 5.11 Å². The predicted molar refractivity (Wildman–Crippen MR) is 71.2 cm³/mol. The van der Waals surface area contributed by atoms with Crippen LogP contribution in [0.5, 0.6) is 0 Å². The Labute approximate surface area is 119 Å². The van der Waals surface area contributed by atoms with Gasteiger partial charge in [0.25, 0.3) is 0 Å². The molecule has 0 unspecified atom stereocenters. The van der Waals surface area contributed by atoms with Crippen LogP contribution < -0.4 is 0 Å². The van der Waals surface area contributed by atoms with E-state index in [0.29, 0.717) is 22.8 Å². The normalized spacial score (nSPS) is 10.8. The summed E-state index contributed by atoms with van der Waals surface area (Å²) in [7, 11) is 0. The molecule has 0 radical (unpaired) electrons. The summed E-state index contributed by atoms with van der Waals surface area (Å²) in [6, 6.07) is 3.46. The Morgan fingerprint density at radius 3 is 2.65 bits per heavy atom. The maximum Gasteiger partial charge on any atom is 0.313 e. The number of carboxylic acids is 1. The highest BCUT2D eigenvalue weighted by Crippen LogP contribution is 2.18. The van der Waals surface area contributed by atoms with E-state index in [0.717, 1.165) is 17.3 Å². The van der Waals surface area contributed by atoms with Crippen molar-refractivity contribution in [2.45, 2.75) is 25.5 Å². The fraction of sp³-hybridized carbons (Fsp3) is 0.333. The Kier molecular flexibility index (Phi) is 4.33. The Hall–Kier alpha value is -1.96. The molecule has 1 heterocycles. The molecule has 2 aromatic rings. The number of aliphatic carboxylic acids is 1. The van der Waals surface area contributed by atoms with Gasteiger partial charge in [-0.3, -0.25) is 4.79 Å². The number of aromatic nitrogens is 4. The van der Waals surface area contributed by atoms with Crippen molar-refractivity contribution >= 4 is 17.7 Å². The summed E-state index contributed by atoms with van der Waals surface area (Å²) in [5, 5.41) is 20.2. The lowest BCUT2D eigenvalue weighted by molar-refractivity contribution is -0.133. The van der Waals surface area contributed by atoms with Gasteiger partial charge < -0.3 is 5.11 Å². The number of benzene rings is 1. The molecule has 0 aliphatic heterocycles. The molecule has 0 spiro atoms. The van der Waals surface area contributed by atoms with Gasteiger partial charge in [0.1, 0.15) is 5.82 Å². The molecular formula is C12H13FN4O2S. The molecule has 106 valence electrons. The molecule has 0 saturated carbocycles. The summed E-state index contributed by atoms with van der Waals surface area (Å²) in [4.78, 5) is 10.6. The smallest absolute Gasteiger partial charge is 0.313 e. The molecule has 20 heavy (non-hydrogen) atoms. The minimum Gasteiger partial charge on any atom is -0.481 e. The summed E-state index contributed by atoms with van der Waals surface area (Å²) < 4.78 is 15.1. The third-order valence-corrected chi connectivity index (χ3v) is 3.59. The average Bonchev–Trinajstić information content (AvgIpc) is 2.80. The Bertz CT molecular complexity index is 621. The largest absolute Gasteiger partial charge is 0.481 e. The number of aryl methyl sites for hydroxylation is 2. The first-order valence-corrected chi connectivity index (χ1v) is 6.82. The molecule has 0 saturated heterocycles. The molecule has 0 fully saturated rings. The van der Waals surface area contributed by atoms with E-state index in [-0.39, 0.29) is 11.6 Å². The minimum atomic E-state index is -0.932. The SMILES string of the molecule is Cc1cc(Cn2nnnc2SCC(=O)O)cc(C)c1F. The summed E-state index contributed by atoms with van der Waals surface area (Å²) in [6.45, 7) is 3.77. The van der Waals surface area contributed by atoms with Crippen LogP contribution in [0.2, 0.25) is 0 Å². The highest BCUT2D eigenvalue weighted by atomic mass is 32.2. The number of carbonyl (C=O) groups is 1. The van der Waals surface area contributed by atoms with Gasteiger partial charge in [0.05, 0.1) is 12.3 Å². The Morgan fingerprint density at radius 2 is 2.05 bits per heavy atom. The van der Waals surface area contributed by atoms with Crippen LogP contribution in [0.3, 0.4) is 0 Å². The number of hydrogen-bond donors (Lipinski definition) is 1. The van der Waals surface area contributed by atoms with Gasteiger partial charge in [0.15, 0.2) is 0 Å². The molecule has 0 aliphatic rings. The molecule has 0 aliphatic carbocycles. The molecule has 0 bridgehead atoms. The summed E-state index contributed by atoms with van der Waals surface area (Å²) in [6.07, 6.45) is 0. The first-order valence-electron chi connectivity index (χ1n) is 5.83. The maximum atomic E-state index is 13.6. The highest BCUT2D eigenvalue weighted by Gasteiger charge is 2.11. The number of hydrogen-bond acceptors (Lipinski definition) is 5. The van der Waals surface area contributed by atoms with Crippen LogP contribution in [-0.2, 0) is 11.3 Å². The monoisotopic (exact) mass is 296 g/mol. The third-order valence-electron chi connectivity index (χ3n) is 2.65. The average molecular weight is 296 g/mol. The van der Waals surface area contributed by atoms with Crippen LogP contribution in [0, 0.1) is 19.7 Å². The highest BCUT2D eigenvalue weighted by molar-refractivity contribution is 7.99. The van der Waals surface area contributed by atoms with E-state index in [2.05, 4.69) is 15.5 Å². The number of carboxylic acid groups (broad SMARTS) is 1. The van der Waals surface area contributed by atoms with Crippen molar-refractivity contribution in [3.8, 4) is 0 Å². The van der Waals surface area contributed by atoms with Crippen LogP contribution >= 0.6 is 11.8 Å². The quantitative estimate of drug-likeness (QED) is 0.845. The number of halogens is 1. The topological polar surface area (TPSA) is 80.9 Å². The van der Waals surface area contributed by atoms with Crippen molar-refractivity contribution in [2.24, 2.45) is 0 Å². The van der Waals surface area contributed by atoms with E-state index in [9.17, 15) is 9.18 Å². The fourth-order valence-corrected chi connectivity index (χ4v) is 2.42. The zero-order chi connectivity index (χ0) is 14.7. The summed E-state index contributed by atoms with van der Waals surface area (Å²) in [5.41, 5.74) is 1.99. The van der Waals surface area contributed by atoms with Gasteiger partial charge in [-0.25, -0.2) is 9.07 Å². The van der Waals surface area contributed by atoms with E-state index < -0.39 is 5.97 Å². The zero-order valence-corrected chi connectivity index (χ0v) is 11.8. The molecule has 2 rings (SSSR count). The van der Waals surface area contributed by atoms with Gasteiger partial charge in [-0.2, -0.15) is 0 Å². The van der Waals surface area contributed by atoms with Crippen LogP contribution in [0.25, 0.3) is 0 Å². The second kappa shape index (κ2) is 6.00. The lowest BCUT2D eigenvalue weighted by Gasteiger charge is -2.07. The van der Waals surface area contributed by atoms with Gasteiger partial charge >= 0.3 is 5.97 Å². The van der Waals surface area contributed by atoms with Crippen LogP contribution in [-0.4, -0.2) is 37.0 Å². The second-order valence-electron chi connectivity index (χ2n) is 4.35. The second-order valence-corrected chi connectivity index (χ2v) is 5.29. The van der Waals surface area contributed by atoms with Crippen molar-refractivity contribution in [1.29, 1.82) is 0 Å². The molecule has 1 aromatic carbocycles. The summed E-state index contributed by atoms with van der Waals surface area (Å²) >= 11 is 1.05. The van der Waals surface area contributed by atoms with Crippen molar-refractivity contribution in [3.63, 3.8) is 0 Å². The predicted octanol–water partition coefficient (Wildman–Crippen LogP) is 1.65. The lowest BCUT2D eigenvalue weighted by atomic mass is 10.1. The molecule has 6 nitrogen and oxygen atoms in total. The van der Waals surface area contributed by atoms with Gasteiger partial charge in [0.2, 0.25) is 5.16 Å². The van der Waals surface area contributed by atoms with Crippen LogP contribution in [0.15, 0.2) is 17.3 Å². The van der Waals surface area contributed by atoms with Gasteiger partial charge in [-0.05, 0) is 41.0 Å². The van der Waals surface area contributed by atoms with Gasteiger partial charge in [0, 0.05) is 0 Å². The molecular weight excluding hydrogens is 283 g/mol. The van der Waals surface area contributed by atoms with E-state index in [1.807, 2.05) is 0 Å². The van der Waals surface area contributed by atoms with Crippen molar-refractivity contribution in [1.82, 2.24) is 20.2 Å². The molecule has 0 atom stereocenters. The minimum absolute atomic E-state index is 0.109. The van der Waals surface area contributed by atoms with Crippen molar-refractivity contribution in [2.75, 3.05) is 5.75 Å². The molecule has 1 aromatic heterocycles. The fourth-order valence-electron chi connectivity index (χ4n) is 1.83. The van der Waals surface area contributed by atoms with Crippen molar-refractivity contribution in [3.05, 3.63) is 34.6 Å². The number of thioether (sulfide) groups is 1. The molecule has 0 amide bonds. The number of nitrogens with zero attached hydrogens (tertiary/aromatic N) is 4. The maximum absolute atomic E-state index is 13.6.